The number of rotatable bonds is 1. The molecule has 2 N–H and O–H groups in total. The van der Waals surface area contributed by atoms with Crippen LogP contribution in [0.1, 0.15) is 36.8 Å². The number of carbonyl (C=O) groups excluding carboxylic acids is 1. The number of hydrogen-bond acceptors (Lipinski definition) is 2. The van der Waals surface area contributed by atoms with Crippen molar-refractivity contribution in [3.05, 3.63) is 35.4 Å². The summed E-state index contributed by atoms with van der Waals surface area (Å²) in [6.07, 6.45) is 3.46. The Morgan fingerprint density at radius 3 is 2.80 bits per heavy atom. The quantitative estimate of drug-likeness (QED) is 0.761. The second kappa shape index (κ2) is 3.78. The van der Waals surface area contributed by atoms with E-state index in [4.69, 9.17) is 5.73 Å². The highest BCUT2D eigenvalue weighted by molar-refractivity contribution is 5.90. The largest absolute Gasteiger partial charge is 0.315 e. The van der Waals surface area contributed by atoms with Crippen molar-refractivity contribution >= 4 is 5.78 Å². The summed E-state index contributed by atoms with van der Waals surface area (Å²) >= 11 is 0. The van der Waals surface area contributed by atoms with E-state index in [2.05, 4.69) is 0 Å². The fraction of sp³-hybridized carbons (Fsp3) is 0.462. The van der Waals surface area contributed by atoms with E-state index in [0.29, 0.717) is 6.42 Å². The fourth-order valence-electron chi connectivity index (χ4n) is 2.28. The van der Waals surface area contributed by atoms with Crippen LogP contribution in [0.15, 0.2) is 24.3 Å². The lowest BCUT2D eigenvalue weighted by Gasteiger charge is -2.32. The van der Waals surface area contributed by atoms with Crippen molar-refractivity contribution < 1.29 is 4.79 Å². The lowest BCUT2D eigenvalue weighted by Crippen LogP contribution is -2.46. The SMILES string of the molecule is Cc1cccc([C@@]2(N)CCCCC2=O)c1. The van der Waals surface area contributed by atoms with Crippen molar-refractivity contribution in [3.63, 3.8) is 0 Å². The summed E-state index contributed by atoms with van der Waals surface area (Å²) in [7, 11) is 0. The van der Waals surface area contributed by atoms with E-state index in [1.165, 1.54) is 0 Å². The number of aryl methyl sites for hydroxylation is 1. The molecule has 1 saturated carbocycles. The predicted molar refractivity (Wildman–Crippen MR) is 60.5 cm³/mol. The molecule has 0 unspecified atom stereocenters. The molecule has 2 nitrogen and oxygen atoms in total. The molecule has 15 heavy (non-hydrogen) atoms. The zero-order valence-electron chi connectivity index (χ0n) is 9.12. The first-order chi connectivity index (χ1) is 7.13. The first kappa shape index (κ1) is 10.4. The summed E-state index contributed by atoms with van der Waals surface area (Å²) in [6, 6.07) is 8.00. The average Bonchev–Trinajstić information content (AvgIpc) is 2.23. The van der Waals surface area contributed by atoms with Crippen molar-refractivity contribution in [2.45, 2.75) is 38.1 Å². The molecule has 80 valence electrons. The third-order valence-electron chi connectivity index (χ3n) is 3.26. The summed E-state index contributed by atoms with van der Waals surface area (Å²) in [5.74, 6) is 0.194. The number of carbonyl (C=O) groups is 1. The van der Waals surface area contributed by atoms with Gasteiger partial charge in [-0.15, -0.1) is 0 Å². The molecule has 1 aliphatic rings. The fourth-order valence-corrected chi connectivity index (χ4v) is 2.28. The van der Waals surface area contributed by atoms with Gasteiger partial charge in [0.25, 0.3) is 0 Å². The highest BCUT2D eigenvalue weighted by Gasteiger charge is 2.37. The van der Waals surface area contributed by atoms with Gasteiger partial charge in [-0.05, 0) is 25.3 Å². The van der Waals surface area contributed by atoms with Crippen LogP contribution in [0.5, 0.6) is 0 Å². The molecule has 0 aromatic heterocycles. The number of ketones is 1. The maximum atomic E-state index is 11.9. The van der Waals surface area contributed by atoms with Crippen molar-refractivity contribution in [3.8, 4) is 0 Å². The maximum Gasteiger partial charge on any atom is 0.157 e. The summed E-state index contributed by atoms with van der Waals surface area (Å²) in [6.45, 7) is 2.03. The van der Waals surface area contributed by atoms with E-state index in [1.807, 2.05) is 31.2 Å². The molecular formula is C13H17NO. The Morgan fingerprint density at radius 1 is 1.33 bits per heavy atom. The Morgan fingerprint density at radius 2 is 2.13 bits per heavy atom. The molecule has 0 heterocycles. The lowest BCUT2D eigenvalue weighted by atomic mass is 9.76. The molecule has 0 bridgehead atoms. The molecule has 1 aromatic rings. The number of benzene rings is 1. The van der Waals surface area contributed by atoms with Crippen LogP contribution in [0.25, 0.3) is 0 Å². The second-order valence-electron chi connectivity index (χ2n) is 4.47. The smallest absolute Gasteiger partial charge is 0.157 e. The van der Waals surface area contributed by atoms with Crippen LogP contribution in [0.3, 0.4) is 0 Å². The first-order valence-electron chi connectivity index (χ1n) is 5.52. The second-order valence-corrected chi connectivity index (χ2v) is 4.47. The third-order valence-corrected chi connectivity index (χ3v) is 3.26. The number of nitrogens with two attached hydrogens (primary N) is 1. The van der Waals surface area contributed by atoms with Crippen LogP contribution in [-0.2, 0) is 10.3 Å². The summed E-state index contributed by atoms with van der Waals surface area (Å²) in [4.78, 5) is 11.9. The molecule has 0 spiro atoms. The Hall–Kier alpha value is -1.15. The highest BCUT2D eigenvalue weighted by atomic mass is 16.1. The standard InChI is InChI=1S/C13H17NO/c1-10-5-4-6-11(9-10)13(14)8-3-2-7-12(13)15/h4-6,9H,2-3,7-8,14H2,1H3/t13-/m0/s1. The van der Waals surface area contributed by atoms with E-state index in [-0.39, 0.29) is 5.78 Å². The summed E-state index contributed by atoms with van der Waals surface area (Å²) < 4.78 is 0. The number of Topliss-reactive ketones (excluding diaryl/α,β-unsaturated/α-hetero) is 1. The predicted octanol–water partition coefficient (Wildman–Crippen LogP) is 2.29. The molecule has 0 radical (unpaired) electrons. The van der Waals surface area contributed by atoms with E-state index in [0.717, 1.165) is 30.4 Å². The molecule has 0 amide bonds. The Balaban J connectivity index is 2.39. The van der Waals surface area contributed by atoms with Crippen molar-refractivity contribution in [1.29, 1.82) is 0 Å². The Kier molecular flexibility index (Phi) is 2.61. The minimum atomic E-state index is -0.718. The van der Waals surface area contributed by atoms with Crippen LogP contribution in [0, 0.1) is 6.92 Å². The number of hydrogen-bond donors (Lipinski definition) is 1. The van der Waals surface area contributed by atoms with Gasteiger partial charge in [0.1, 0.15) is 5.54 Å². The van der Waals surface area contributed by atoms with Crippen LogP contribution >= 0.6 is 0 Å². The molecule has 1 atom stereocenters. The molecule has 2 rings (SSSR count). The molecule has 1 aromatic carbocycles. The normalized spacial score (nSPS) is 26.7. The van der Waals surface area contributed by atoms with Gasteiger partial charge < -0.3 is 5.73 Å². The lowest BCUT2D eigenvalue weighted by molar-refractivity contribution is -0.126. The van der Waals surface area contributed by atoms with Gasteiger partial charge in [-0.3, -0.25) is 4.79 Å². The zero-order chi connectivity index (χ0) is 10.9. The average molecular weight is 203 g/mol. The van der Waals surface area contributed by atoms with E-state index in [9.17, 15) is 4.79 Å². The van der Waals surface area contributed by atoms with Crippen molar-refractivity contribution in [1.82, 2.24) is 0 Å². The van der Waals surface area contributed by atoms with Gasteiger partial charge >= 0.3 is 0 Å². The van der Waals surface area contributed by atoms with Gasteiger partial charge in [0.2, 0.25) is 0 Å². The van der Waals surface area contributed by atoms with Gasteiger partial charge in [0, 0.05) is 6.42 Å². The van der Waals surface area contributed by atoms with Crippen LogP contribution in [0.2, 0.25) is 0 Å². The van der Waals surface area contributed by atoms with Crippen LogP contribution < -0.4 is 5.73 Å². The third kappa shape index (κ3) is 1.82. The molecule has 1 aliphatic carbocycles. The Labute approximate surface area is 90.5 Å². The monoisotopic (exact) mass is 203 g/mol. The maximum absolute atomic E-state index is 11.9. The minimum Gasteiger partial charge on any atom is -0.315 e. The van der Waals surface area contributed by atoms with Gasteiger partial charge in [-0.1, -0.05) is 36.2 Å². The molecule has 1 fully saturated rings. The molecule has 0 aliphatic heterocycles. The zero-order valence-corrected chi connectivity index (χ0v) is 9.12. The van der Waals surface area contributed by atoms with Crippen molar-refractivity contribution in [2.24, 2.45) is 5.73 Å². The molecule has 2 heteroatoms. The van der Waals surface area contributed by atoms with Gasteiger partial charge in [0.15, 0.2) is 5.78 Å². The molecular weight excluding hydrogens is 186 g/mol. The summed E-state index contributed by atoms with van der Waals surface area (Å²) in [5.41, 5.74) is 7.67. The van der Waals surface area contributed by atoms with E-state index >= 15 is 0 Å². The Bertz CT molecular complexity index is 386. The van der Waals surface area contributed by atoms with E-state index < -0.39 is 5.54 Å². The van der Waals surface area contributed by atoms with E-state index in [1.54, 1.807) is 0 Å². The minimum absolute atomic E-state index is 0.194. The topological polar surface area (TPSA) is 43.1 Å². The van der Waals surface area contributed by atoms with Gasteiger partial charge in [-0.2, -0.15) is 0 Å². The highest BCUT2D eigenvalue weighted by Crippen LogP contribution is 2.32. The van der Waals surface area contributed by atoms with Crippen LogP contribution in [0.4, 0.5) is 0 Å². The molecule has 0 saturated heterocycles. The van der Waals surface area contributed by atoms with Crippen LogP contribution in [-0.4, -0.2) is 5.78 Å². The summed E-state index contributed by atoms with van der Waals surface area (Å²) in [5, 5.41) is 0. The van der Waals surface area contributed by atoms with Gasteiger partial charge in [0.05, 0.1) is 0 Å². The van der Waals surface area contributed by atoms with Gasteiger partial charge in [-0.25, -0.2) is 0 Å². The van der Waals surface area contributed by atoms with Crippen molar-refractivity contribution in [2.75, 3.05) is 0 Å². The first-order valence-corrected chi connectivity index (χ1v) is 5.52.